The Hall–Kier alpha value is -2.94. The zero-order valence-electron chi connectivity index (χ0n) is 15.8. The smallest absolute Gasteiger partial charge is 0.261 e. The summed E-state index contributed by atoms with van der Waals surface area (Å²) in [6.45, 7) is 0.974. The molecule has 28 heavy (non-hydrogen) atoms. The van der Waals surface area contributed by atoms with E-state index in [4.69, 9.17) is 9.47 Å². The lowest BCUT2D eigenvalue weighted by Crippen LogP contribution is -2.26. The molecule has 0 aliphatic heterocycles. The van der Waals surface area contributed by atoms with Crippen LogP contribution in [0, 0.1) is 0 Å². The molecule has 0 saturated carbocycles. The predicted molar refractivity (Wildman–Crippen MR) is 107 cm³/mol. The van der Waals surface area contributed by atoms with Gasteiger partial charge < -0.3 is 14.8 Å². The summed E-state index contributed by atoms with van der Waals surface area (Å²) in [5.74, 6) is 0.963. The Morgan fingerprint density at radius 2 is 2.00 bits per heavy atom. The fourth-order valence-electron chi connectivity index (χ4n) is 2.83. The first kappa shape index (κ1) is 19.8. The van der Waals surface area contributed by atoms with Crippen molar-refractivity contribution in [2.24, 2.45) is 0 Å². The van der Waals surface area contributed by atoms with Crippen molar-refractivity contribution < 1.29 is 14.3 Å². The first-order valence-corrected chi connectivity index (χ1v) is 9.76. The summed E-state index contributed by atoms with van der Waals surface area (Å²) in [5.41, 5.74) is 0.369. The summed E-state index contributed by atoms with van der Waals surface area (Å²) in [4.78, 5) is 33.1. The molecule has 0 fully saturated rings. The summed E-state index contributed by atoms with van der Waals surface area (Å²) < 4.78 is 12.0. The Bertz CT molecular complexity index is 1000. The second-order valence-electron chi connectivity index (χ2n) is 6.10. The lowest BCUT2D eigenvalue weighted by Gasteiger charge is -2.10. The second kappa shape index (κ2) is 9.32. The number of nitrogens with zero attached hydrogens (tertiary/aromatic N) is 3. The molecule has 148 valence electrons. The van der Waals surface area contributed by atoms with E-state index < -0.39 is 0 Å². The van der Waals surface area contributed by atoms with Gasteiger partial charge in [0.2, 0.25) is 5.91 Å². The third kappa shape index (κ3) is 4.66. The number of hydrogen-bond donors (Lipinski definition) is 1. The van der Waals surface area contributed by atoms with Gasteiger partial charge in [0.25, 0.3) is 5.56 Å². The second-order valence-corrected chi connectivity index (χ2v) is 7.08. The molecule has 0 saturated heterocycles. The Balaban J connectivity index is 1.57. The van der Waals surface area contributed by atoms with E-state index in [2.05, 4.69) is 15.3 Å². The largest absolute Gasteiger partial charge is 0.493 e. The van der Waals surface area contributed by atoms with E-state index >= 15 is 0 Å². The number of rotatable bonds is 9. The molecular formula is C19H22N4O4S. The standard InChI is InChI=1S/C19H22N4O4S/c1-26-15-10-13-14(11-16(15)27-2)22-12-23(19(13)25)8-3-4-17(24)20-6-5-18-21-7-9-28-18/h7,9-12H,3-6,8H2,1-2H3,(H,20,24). The van der Waals surface area contributed by atoms with Gasteiger partial charge in [-0.1, -0.05) is 0 Å². The van der Waals surface area contributed by atoms with Gasteiger partial charge in [0.05, 0.1) is 36.5 Å². The van der Waals surface area contributed by atoms with Crippen LogP contribution < -0.4 is 20.3 Å². The third-order valence-electron chi connectivity index (χ3n) is 4.28. The third-order valence-corrected chi connectivity index (χ3v) is 5.12. The fraction of sp³-hybridized carbons (Fsp3) is 0.368. The highest BCUT2D eigenvalue weighted by Crippen LogP contribution is 2.29. The number of fused-ring (bicyclic) bond motifs is 1. The van der Waals surface area contributed by atoms with E-state index in [0.717, 1.165) is 11.4 Å². The molecule has 0 bridgehead atoms. The molecule has 0 radical (unpaired) electrons. The van der Waals surface area contributed by atoms with E-state index in [-0.39, 0.29) is 11.5 Å². The van der Waals surface area contributed by atoms with Gasteiger partial charge in [-0.25, -0.2) is 9.97 Å². The average Bonchev–Trinajstić information content (AvgIpc) is 3.22. The minimum atomic E-state index is -0.171. The fourth-order valence-corrected chi connectivity index (χ4v) is 3.45. The van der Waals surface area contributed by atoms with Crippen molar-refractivity contribution in [3.63, 3.8) is 0 Å². The first-order valence-electron chi connectivity index (χ1n) is 8.88. The molecule has 0 spiro atoms. The van der Waals surface area contributed by atoms with Gasteiger partial charge >= 0.3 is 0 Å². The minimum absolute atomic E-state index is 0.0373. The van der Waals surface area contributed by atoms with E-state index in [1.54, 1.807) is 29.7 Å². The Morgan fingerprint density at radius 1 is 1.21 bits per heavy atom. The first-order chi connectivity index (χ1) is 13.6. The maximum atomic E-state index is 12.7. The SMILES string of the molecule is COc1cc2ncn(CCCC(=O)NCCc3nccs3)c(=O)c2cc1OC. The monoisotopic (exact) mass is 402 g/mol. The number of carbonyl (C=O) groups excluding carboxylic acids is 1. The van der Waals surface area contributed by atoms with Crippen LogP contribution in [-0.4, -0.2) is 41.2 Å². The molecule has 3 rings (SSSR count). The van der Waals surface area contributed by atoms with E-state index in [0.29, 0.717) is 48.3 Å². The van der Waals surface area contributed by atoms with Crippen LogP contribution >= 0.6 is 11.3 Å². The molecular weight excluding hydrogens is 380 g/mol. The topological polar surface area (TPSA) is 95.3 Å². The van der Waals surface area contributed by atoms with Crippen LogP contribution in [-0.2, 0) is 17.8 Å². The van der Waals surface area contributed by atoms with Gasteiger partial charge in [-0.3, -0.25) is 14.2 Å². The van der Waals surface area contributed by atoms with E-state index in [1.807, 2.05) is 5.38 Å². The van der Waals surface area contributed by atoms with Crippen LogP contribution in [0.25, 0.3) is 10.9 Å². The number of methoxy groups -OCH3 is 2. The van der Waals surface area contributed by atoms with Crippen molar-refractivity contribution in [3.8, 4) is 11.5 Å². The van der Waals surface area contributed by atoms with Crippen LogP contribution in [0.15, 0.2) is 34.8 Å². The molecule has 0 atom stereocenters. The van der Waals surface area contributed by atoms with Gasteiger partial charge in [-0.15, -0.1) is 11.3 Å². The maximum absolute atomic E-state index is 12.7. The molecule has 1 amide bonds. The van der Waals surface area contributed by atoms with Crippen LogP contribution in [0.5, 0.6) is 11.5 Å². The van der Waals surface area contributed by atoms with Crippen molar-refractivity contribution in [2.45, 2.75) is 25.8 Å². The quantitative estimate of drug-likeness (QED) is 0.588. The average molecular weight is 402 g/mol. The number of aryl methyl sites for hydroxylation is 1. The van der Waals surface area contributed by atoms with Crippen molar-refractivity contribution in [2.75, 3.05) is 20.8 Å². The van der Waals surface area contributed by atoms with Crippen LogP contribution in [0.2, 0.25) is 0 Å². The highest BCUT2D eigenvalue weighted by Gasteiger charge is 2.11. The van der Waals surface area contributed by atoms with Crippen LogP contribution in [0.1, 0.15) is 17.8 Å². The van der Waals surface area contributed by atoms with Gasteiger partial charge in [-0.05, 0) is 12.5 Å². The highest BCUT2D eigenvalue weighted by atomic mass is 32.1. The molecule has 8 nitrogen and oxygen atoms in total. The number of thiazole rings is 1. The lowest BCUT2D eigenvalue weighted by molar-refractivity contribution is -0.121. The molecule has 9 heteroatoms. The molecule has 3 aromatic rings. The van der Waals surface area contributed by atoms with Crippen molar-refractivity contribution >= 4 is 28.1 Å². The number of amides is 1. The van der Waals surface area contributed by atoms with Gasteiger partial charge in [0.1, 0.15) is 0 Å². The number of hydrogen-bond acceptors (Lipinski definition) is 7. The highest BCUT2D eigenvalue weighted by molar-refractivity contribution is 7.09. The van der Waals surface area contributed by atoms with Crippen molar-refractivity contribution in [1.82, 2.24) is 19.9 Å². The number of ether oxygens (including phenoxy) is 2. The Morgan fingerprint density at radius 3 is 2.71 bits per heavy atom. The number of carbonyl (C=O) groups is 1. The summed E-state index contributed by atoms with van der Waals surface area (Å²) in [6.07, 6.45) is 4.86. The van der Waals surface area contributed by atoms with Crippen molar-refractivity contribution in [1.29, 1.82) is 0 Å². The summed E-state index contributed by atoms with van der Waals surface area (Å²) in [6, 6.07) is 3.31. The number of nitrogens with one attached hydrogen (secondary N) is 1. The molecule has 2 heterocycles. The number of aromatic nitrogens is 3. The zero-order chi connectivity index (χ0) is 19.9. The summed E-state index contributed by atoms with van der Waals surface area (Å²) >= 11 is 1.57. The molecule has 1 N–H and O–H groups in total. The van der Waals surface area contributed by atoms with Crippen LogP contribution in [0.4, 0.5) is 0 Å². The maximum Gasteiger partial charge on any atom is 0.261 e. The predicted octanol–water partition coefficient (Wildman–Crippen LogP) is 2.01. The summed E-state index contributed by atoms with van der Waals surface area (Å²) in [5, 5.41) is 6.24. The molecule has 0 aliphatic carbocycles. The normalized spacial score (nSPS) is 10.8. The van der Waals surface area contributed by atoms with Gasteiger partial charge in [0, 0.05) is 43.6 Å². The molecule has 0 unspecified atom stereocenters. The van der Waals surface area contributed by atoms with Crippen LogP contribution in [0.3, 0.4) is 0 Å². The lowest BCUT2D eigenvalue weighted by atomic mass is 10.2. The number of benzene rings is 1. The van der Waals surface area contributed by atoms with Crippen molar-refractivity contribution in [3.05, 3.63) is 45.4 Å². The van der Waals surface area contributed by atoms with Gasteiger partial charge in [0.15, 0.2) is 11.5 Å². The van der Waals surface area contributed by atoms with E-state index in [1.165, 1.54) is 25.1 Å². The molecule has 2 aromatic heterocycles. The Labute approximate surface area is 166 Å². The van der Waals surface area contributed by atoms with E-state index in [9.17, 15) is 9.59 Å². The minimum Gasteiger partial charge on any atom is -0.493 e. The molecule has 0 aliphatic rings. The van der Waals surface area contributed by atoms with Gasteiger partial charge in [-0.2, -0.15) is 0 Å². The Kier molecular flexibility index (Phi) is 6.59. The zero-order valence-corrected chi connectivity index (χ0v) is 16.6. The summed E-state index contributed by atoms with van der Waals surface area (Å²) in [7, 11) is 3.05. The molecule has 1 aromatic carbocycles.